The van der Waals surface area contributed by atoms with Gasteiger partial charge in [0.2, 0.25) is 0 Å². The van der Waals surface area contributed by atoms with E-state index in [4.69, 9.17) is 4.52 Å². The minimum atomic E-state index is -0.440. The van der Waals surface area contributed by atoms with Crippen molar-refractivity contribution in [3.05, 3.63) is 88.8 Å². The number of aromatic nitrogens is 1. The molecule has 6 nitrogen and oxygen atoms in total. The van der Waals surface area contributed by atoms with E-state index in [0.717, 1.165) is 11.3 Å². The summed E-state index contributed by atoms with van der Waals surface area (Å²) in [5.41, 5.74) is 2.79. The van der Waals surface area contributed by atoms with E-state index in [2.05, 4.69) is 15.2 Å². The van der Waals surface area contributed by atoms with Gasteiger partial charge in [0.25, 0.3) is 5.91 Å². The first-order valence-electron chi connectivity index (χ1n) is 8.10. The third-order valence-electron chi connectivity index (χ3n) is 3.83. The number of carbonyl (C=O) groups is 2. The average molecular weight is 350 g/mol. The van der Waals surface area contributed by atoms with E-state index in [9.17, 15) is 9.59 Å². The topological polar surface area (TPSA) is 81.4 Å². The minimum absolute atomic E-state index is 0.235. The van der Waals surface area contributed by atoms with Gasteiger partial charge in [-0.25, -0.2) is 4.79 Å². The van der Waals surface area contributed by atoms with Crippen molar-refractivity contribution in [2.24, 2.45) is 0 Å². The first kappa shape index (κ1) is 17.4. The summed E-state index contributed by atoms with van der Waals surface area (Å²) in [6.45, 7) is 0.235. The van der Waals surface area contributed by atoms with E-state index < -0.39 is 5.97 Å². The summed E-state index contributed by atoms with van der Waals surface area (Å²) >= 11 is 0. The Morgan fingerprint density at radius 2 is 1.73 bits per heavy atom. The van der Waals surface area contributed by atoms with Gasteiger partial charge in [0.15, 0.2) is 5.76 Å². The fraction of sp³-hybridized carbons (Fsp3) is 0.150. The zero-order chi connectivity index (χ0) is 18.4. The standard InChI is InChI=1S/C20H18N2O4/c1-25-20(24)16-9-7-15(8-10-16)19(23)21-13-18-12-17(22-26-18)11-14-5-3-2-4-6-14/h2-10,12H,11,13H2,1H3,(H,21,23). The predicted octanol–water partition coefficient (Wildman–Crippen LogP) is 2.98. The zero-order valence-corrected chi connectivity index (χ0v) is 14.3. The van der Waals surface area contributed by atoms with Gasteiger partial charge < -0.3 is 14.6 Å². The highest BCUT2D eigenvalue weighted by molar-refractivity contribution is 5.96. The van der Waals surface area contributed by atoms with Crippen molar-refractivity contribution in [2.45, 2.75) is 13.0 Å². The molecule has 3 aromatic rings. The number of esters is 1. The second kappa shape index (κ2) is 8.11. The van der Waals surface area contributed by atoms with Crippen LogP contribution < -0.4 is 5.32 Å². The van der Waals surface area contributed by atoms with Gasteiger partial charge in [0.1, 0.15) is 0 Å². The van der Waals surface area contributed by atoms with E-state index >= 15 is 0 Å². The number of hydrogen-bond donors (Lipinski definition) is 1. The number of nitrogens with one attached hydrogen (secondary N) is 1. The molecule has 0 aliphatic rings. The van der Waals surface area contributed by atoms with Gasteiger partial charge in [0, 0.05) is 18.1 Å². The maximum atomic E-state index is 12.2. The van der Waals surface area contributed by atoms with E-state index in [0.29, 0.717) is 23.3 Å². The largest absolute Gasteiger partial charge is 0.465 e. The first-order valence-corrected chi connectivity index (χ1v) is 8.10. The van der Waals surface area contributed by atoms with Crippen molar-refractivity contribution < 1.29 is 18.8 Å². The number of nitrogens with zero attached hydrogens (tertiary/aromatic N) is 1. The lowest BCUT2D eigenvalue weighted by Gasteiger charge is -2.04. The summed E-state index contributed by atoms with van der Waals surface area (Å²) in [7, 11) is 1.31. The minimum Gasteiger partial charge on any atom is -0.465 e. The van der Waals surface area contributed by atoms with Gasteiger partial charge in [-0.3, -0.25) is 4.79 Å². The molecule has 1 heterocycles. The first-order chi connectivity index (χ1) is 12.7. The van der Waals surface area contributed by atoms with Crippen molar-refractivity contribution in [1.82, 2.24) is 10.5 Å². The molecule has 1 N–H and O–H groups in total. The van der Waals surface area contributed by atoms with Crippen LogP contribution in [0.1, 0.15) is 37.7 Å². The second-order valence-corrected chi connectivity index (χ2v) is 5.70. The van der Waals surface area contributed by atoms with Crippen LogP contribution in [0.2, 0.25) is 0 Å². The average Bonchev–Trinajstić information content (AvgIpc) is 3.13. The van der Waals surface area contributed by atoms with Crippen LogP contribution in [0.25, 0.3) is 0 Å². The normalized spacial score (nSPS) is 10.3. The Bertz CT molecular complexity index is 886. The molecule has 0 saturated carbocycles. The lowest BCUT2D eigenvalue weighted by molar-refractivity contribution is 0.0600. The maximum Gasteiger partial charge on any atom is 0.337 e. The molecule has 0 spiro atoms. The Balaban J connectivity index is 1.55. The van der Waals surface area contributed by atoms with Gasteiger partial charge in [-0.1, -0.05) is 35.5 Å². The van der Waals surface area contributed by atoms with Gasteiger partial charge in [-0.2, -0.15) is 0 Å². The predicted molar refractivity (Wildman–Crippen MR) is 94.7 cm³/mol. The van der Waals surface area contributed by atoms with Crippen LogP contribution in [0.3, 0.4) is 0 Å². The van der Waals surface area contributed by atoms with E-state index in [-0.39, 0.29) is 12.5 Å². The van der Waals surface area contributed by atoms with Crippen LogP contribution in [0.5, 0.6) is 0 Å². The van der Waals surface area contributed by atoms with Crippen LogP contribution in [0, 0.1) is 0 Å². The van der Waals surface area contributed by atoms with Crippen molar-refractivity contribution >= 4 is 11.9 Å². The van der Waals surface area contributed by atoms with Crippen LogP contribution in [-0.2, 0) is 17.7 Å². The van der Waals surface area contributed by atoms with Crippen molar-refractivity contribution in [3.8, 4) is 0 Å². The summed E-state index contributed by atoms with van der Waals surface area (Å²) in [5, 5.41) is 6.79. The fourth-order valence-corrected chi connectivity index (χ4v) is 2.47. The SMILES string of the molecule is COC(=O)c1ccc(C(=O)NCc2cc(Cc3ccccc3)no2)cc1. The molecule has 0 unspecified atom stereocenters. The highest BCUT2D eigenvalue weighted by Crippen LogP contribution is 2.11. The van der Waals surface area contributed by atoms with Gasteiger partial charge in [0.05, 0.1) is 24.9 Å². The van der Waals surface area contributed by atoms with Gasteiger partial charge >= 0.3 is 5.97 Å². The highest BCUT2D eigenvalue weighted by Gasteiger charge is 2.10. The number of methoxy groups -OCH3 is 1. The molecule has 0 atom stereocenters. The number of rotatable bonds is 6. The zero-order valence-electron chi connectivity index (χ0n) is 14.3. The van der Waals surface area contributed by atoms with Crippen molar-refractivity contribution in [2.75, 3.05) is 7.11 Å². The van der Waals surface area contributed by atoms with Gasteiger partial charge in [-0.15, -0.1) is 0 Å². The summed E-state index contributed by atoms with van der Waals surface area (Å²) < 4.78 is 9.89. The molecule has 26 heavy (non-hydrogen) atoms. The summed E-state index contributed by atoms with van der Waals surface area (Å²) in [6.07, 6.45) is 0.674. The van der Waals surface area contributed by atoms with Crippen LogP contribution >= 0.6 is 0 Å². The lowest BCUT2D eigenvalue weighted by Crippen LogP contribution is -2.22. The molecule has 6 heteroatoms. The fourth-order valence-electron chi connectivity index (χ4n) is 2.47. The number of benzene rings is 2. The van der Waals surface area contributed by atoms with E-state index in [1.165, 1.54) is 7.11 Å². The summed E-state index contributed by atoms with van der Waals surface area (Å²) in [5.74, 6) is -0.123. The number of carbonyl (C=O) groups excluding carboxylic acids is 2. The molecule has 0 radical (unpaired) electrons. The molecule has 0 bridgehead atoms. The quantitative estimate of drug-likeness (QED) is 0.691. The van der Waals surface area contributed by atoms with E-state index in [1.54, 1.807) is 24.3 Å². The molecule has 1 amide bonds. The van der Waals surface area contributed by atoms with Crippen LogP contribution in [-0.4, -0.2) is 24.1 Å². The van der Waals surface area contributed by atoms with Gasteiger partial charge in [-0.05, 0) is 29.8 Å². The van der Waals surface area contributed by atoms with Crippen molar-refractivity contribution in [1.29, 1.82) is 0 Å². The summed E-state index contributed by atoms with van der Waals surface area (Å²) in [4.78, 5) is 23.6. The maximum absolute atomic E-state index is 12.2. The summed E-state index contributed by atoms with van der Waals surface area (Å²) in [6, 6.07) is 18.0. The second-order valence-electron chi connectivity index (χ2n) is 5.70. The molecule has 0 aliphatic carbocycles. The molecular formula is C20H18N2O4. The van der Waals surface area contributed by atoms with Crippen LogP contribution in [0.15, 0.2) is 65.2 Å². The molecule has 0 aliphatic heterocycles. The smallest absolute Gasteiger partial charge is 0.337 e. The molecule has 1 aromatic heterocycles. The third-order valence-corrected chi connectivity index (χ3v) is 3.83. The van der Waals surface area contributed by atoms with Crippen molar-refractivity contribution in [3.63, 3.8) is 0 Å². The molecule has 132 valence electrons. The monoisotopic (exact) mass is 350 g/mol. The Hall–Kier alpha value is -3.41. The molecule has 0 saturated heterocycles. The van der Waals surface area contributed by atoms with E-state index in [1.807, 2.05) is 36.4 Å². The Labute approximate surface area is 150 Å². The number of amides is 1. The molecule has 2 aromatic carbocycles. The Kier molecular flexibility index (Phi) is 5.43. The number of hydrogen-bond acceptors (Lipinski definition) is 5. The Morgan fingerprint density at radius 1 is 1.04 bits per heavy atom. The number of ether oxygens (including phenoxy) is 1. The highest BCUT2D eigenvalue weighted by atomic mass is 16.5. The third kappa shape index (κ3) is 4.36. The molecule has 3 rings (SSSR count). The van der Waals surface area contributed by atoms with Crippen LogP contribution in [0.4, 0.5) is 0 Å². The lowest BCUT2D eigenvalue weighted by atomic mass is 10.1. The Morgan fingerprint density at radius 3 is 2.42 bits per heavy atom. The molecular weight excluding hydrogens is 332 g/mol. The molecule has 0 fully saturated rings.